The lowest BCUT2D eigenvalue weighted by Gasteiger charge is -2.06. The van der Waals surface area contributed by atoms with Gasteiger partial charge in [0.25, 0.3) is 0 Å². The van der Waals surface area contributed by atoms with E-state index in [1.807, 2.05) is 43.6 Å². The third kappa shape index (κ3) is 3.07. The van der Waals surface area contributed by atoms with Gasteiger partial charge < -0.3 is 15.0 Å². The Morgan fingerprint density at radius 2 is 2.12 bits per heavy atom. The Bertz CT molecular complexity index is 453. The number of aromatic nitrogens is 2. The molecule has 2 N–H and O–H groups in total. The molecule has 0 aliphatic rings. The molecule has 4 heteroatoms. The summed E-state index contributed by atoms with van der Waals surface area (Å²) in [5.74, 6) is 1.69. The summed E-state index contributed by atoms with van der Waals surface area (Å²) in [7, 11) is 1.92. The van der Waals surface area contributed by atoms with E-state index >= 15 is 0 Å². The first kappa shape index (κ1) is 11.7. The predicted molar refractivity (Wildman–Crippen MR) is 66.8 cm³/mol. The van der Waals surface area contributed by atoms with Gasteiger partial charge in [-0.1, -0.05) is 18.2 Å². The van der Waals surface area contributed by atoms with Gasteiger partial charge in [0.2, 0.25) is 0 Å². The number of rotatable bonds is 5. The Kier molecular flexibility index (Phi) is 3.77. The molecule has 17 heavy (non-hydrogen) atoms. The van der Waals surface area contributed by atoms with Crippen LogP contribution in [0.4, 0.5) is 0 Å². The van der Waals surface area contributed by atoms with Gasteiger partial charge in [-0.15, -0.1) is 0 Å². The molecule has 0 spiro atoms. The minimum absolute atomic E-state index is 0.271. The van der Waals surface area contributed by atoms with Crippen molar-refractivity contribution in [2.75, 3.05) is 7.05 Å². The summed E-state index contributed by atoms with van der Waals surface area (Å²) < 4.78 is 5.60. The van der Waals surface area contributed by atoms with Crippen molar-refractivity contribution >= 4 is 0 Å². The molecule has 1 heterocycles. The molecule has 0 amide bonds. The van der Waals surface area contributed by atoms with Gasteiger partial charge >= 0.3 is 0 Å². The second-order valence-electron chi connectivity index (χ2n) is 3.90. The van der Waals surface area contributed by atoms with Crippen molar-refractivity contribution in [2.45, 2.75) is 19.6 Å². The minimum atomic E-state index is 0.271. The van der Waals surface area contributed by atoms with Crippen molar-refractivity contribution < 1.29 is 4.74 Å². The van der Waals surface area contributed by atoms with Crippen LogP contribution in [0.3, 0.4) is 0 Å². The highest BCUT2D eigenvalue weighted by Gasteiger charge is 2.06. The molecule has 2 aromatic rings. The van der Waals surface area contributed by atoms with Gasteiger partial charge in [0, 0.05) is 12.2 Å². The van der Waals surface area contributed by atoms with E-state index in [-0.39, 0.29) is 6.04 Å². The maximum atomic E-state index is 5.60. The molecular formula is C13H17N3O. The van der Waals surface area contributed by atoms with Crippen LogP contribution in [-0.4, -0.2) is 17.0 Å². The van der Waals surface area contributed by atoms with Gasteiger partial charge in [0.1, 0.15) is 18.2 Å². The summed E-state index contributed by atoms with van der Waals surface area (Å²) in [4.78, 5) is 7.52. The van der Waals surface area contributed by atoms with E-state index in [1.54, 1.807) is 0 Å². The van der Waals surface area contributed by atoms with E-state index in [0.717, 1.165) is 17.3 Å². The summed E-state index contributed by atoms with van der Waals surface area (Å²) >= 11 is 0. The van der Waals surface area contributed by atoms with Crippen LogP contribution in [0.2, 0.25) is 0 Å². The molecule has 90 valence electrons. The summed E-state index contributed by atoms with van der Waals surface area (Å²) in [5, 5.41) is 3.16. The predicted octanol–water partition coefficient (Wildman–Crippen LogP) is 2.27. The zero-order valence-electron chi connectivity index (χ0n) is 10.1. The molecule has 4 nitrogen and oxygen atoms in total. The Morgan fingerprint density at radius 3 is 2.82 bits per heavy atom. The maximum absolute atomic E-state index is 5.60. The Morgan fingerprint density at radius 1 is 1.35 bits per heavy atom. The fraction of sp³-hybridized carbons (Fsp3) is 0.308. The molecule has 1 aromatic carbocycles. The minimum Gasteiger partial charge on any atom is -0.486 e. The van der Waals surface area contributed by atoms with Gasteiger partial charge in [-0.2, -0.15) is 0 Å². The van der Waals surface area contributed by atoms with Crippen LogP contribution in [-0.2, 0) is 6.61 Å². The number of para-hydroxylation sites is 1. The lowest BCUT2D eigenvalue weighted by molar-refractivity contribution is 0.297. The monoisotopic (exact) mass is 231 g/mol. The van der Waals surface area contributed by atoms with Crippen molar-refractivity contribution in [3.05, 3.63) is 48.0 Å². The second kappa shape index (κ2) is 5.50. The number of benzene rings is 1. The highest BCUT2D eigenvalue weighted by Crippen LogP contribution is 2.12. The molecule has 1 unspecified atom stereocenters. The maximum Gasteiger partial charge on any atom is 0.146 e. The van der Waals surface area contributed by atoms with Crippen molar-refractivity contribution in [2.24, 2.45) is 0 Å². The first-order valence-corrected chi connectivity index (χ1v) is 5.68. The van der Waals surface area contributed by atoms with Crippen molar-refractivity contribution in [3.63, 3.8) is 0 Å². The van der Waals surface area contributed by atoms with Crippen molar-refractivity contribution in [3.8, 4) is 5.75 Å². The third-order valence-electron chi connectivity index (χ3n) is 2.67. The van der Waals surface area contributed by atoms with Crippen LogP contribution < -0.4 is 10.1 Å². The number of nitrogens with one attached hydrogen (secondary N) is 2. The average molecular weight is 231 g/mol. The zero-order valence-corrected chi connectivity index (χ0v) is 10.1. The lowest BCUT2D eigenvalue weighted by atomic mass is 10.3. The average Bonchev–Trinajstić information content (AvgIpc) is 2.85. The van der Waals surface area contributed by atoms with E-state index in [4.69, 9.17) is 4.74 Å². The lowest BCUT2D eigenvalue weighted by Crippen LogP contribution is -2.12. The molecule has 0 aliphatic heterocycles. The summed E-state index contributed by atoms with van der Waals surface area (Å²) in [6.07, 6.45) is 1.84. The Hall–Kier alpha value is -1.81. The van der Waals surface area contributed by atoms with E-state index < -0.39 is 0 Å². The molecule has 1 atom stereocenters. The SMILES string of the molecule is CNC(C)c1cnc(COc2ccccc2)[nH]1. The molecule has 0 fully saturated rings. The van der Waals surface area contributed by atoms with Crippen LogP contribution in [0.1, 0.15) is 24.5 Å². The van der Waals surface area contributed by atoms with E-state index in [2.05, 4.69) is 22.2 Å². The molecule has 0 radical (unpaired) electrons. The molecule has 2 rings (SSSR count). The summed E-state index contributed by atoms with van der Waals surface area (Å²) in [6.45, 7) is 2.54. The number of nitrogens with zero attached hydrogens (tertiary/aromatic N) is 1. The Labute approximate surface area is 101 Å². The fourth-order valence-corrected chi connectivity index (χ4v) is 1.50. The van der Waals surface area contributed by atoms with Gasteiger partial charge in [-0.25, -0.2) is 4.98 Å². The van der Waals surface area contributed by atoms with Crippen LogP contribution in [0, 0.1) is 0 Å². The van der Waals surface area contributed by atoms with Gasteiger partial charge in [-0.05, 0) is 26.1 Å². The first-order chi connectivity index (χ1) is 8.29. The molecule has 0 bridgehead atoms. The fourth-order valence-electron chi connectivity index (χ4n) is 1.50. The standard InChI is InChI=1S/C13H17N3O/c1-10(14-2)12-8-15-13(16-12)9-17-11-6-4-3-5-7-11/h3-8,10,14H,9H2,1-2H3,(H,15,16). The summed E-state index contributed by atoms with van der Waals surface area (Å²) in [6, 6.07) is 10.00. The molecule has 0 aliphatic carbocycles. The topological polar surface area (TPSA) is 49.9 Å². The van der Waals surface area contributed by atoms with E-state index in [9.17, 15) is 0 Å². The van der Waals surface area contributed by atoms with Crippen molar-refractivity contribution in [1.29, 1.82) is 0 Å². The second-order valence-corrected chi connectivity index (χ2v) is 3.90. The molecule has 0 saturated carbocycles. The van der Waals surface area contributed by atoms with Gasteiger partial charge in [-0.3, -0.25) is 0 Å². The molecule has 0 saturated heterocycles. The first-order valence-electron chi connectivity index (χ1n) is 5.68. The summed E-state index contributed by atoms with van der Waals surface area (Å²) in [5.41, 5.74) is 1.07. The number of aromatic amines is 1. The van der Waals surface area contributed by atoms with Crippen LogP contribution in [0.15, 0.2) is 36.5 Å². The number of hydrogen-bond donors (Lipinski definition) is 2. The largest absolute Gasteiger partial charge is 0.486 e. The smallest absolute Gasteiger partial charge is 0.146 e. The number of H-pyrrole nitrogens is 1. The normalized spacial score (nSPS) is 12.4. The van der Waals surface area contributed by atoms with Crippen LogP contribution in [0.25, 0.3) is 0 Å². The molecule has 1 aromatic heterocycles. The Balaban J connectivity index is 1.94. The van der Waals surface area contributed by atoms with E-state index in [0.29, 0.717) is 6.61 Å². The van der Waals surface area contributed by atoms with Crippen molar-refractivity contribution in [1.82, 2.24) is 15.3 Å². The van der Waals surface area contributed by atoms with Gasteiger partial charge in [0.05, 0.1) is 5.69 Å². The zero-order chi connectivity index (χ0) is 12.1. The highest BCUT2D eigenvalue weighted by molar-refractivity contribution is 5.21. The number of imidazole rings is 1. The number of ether oxygens (including phenoxy) is 1. The van der Waals surface area contributed by atoms with Crippen LogP contribution in [0.5, 0.6) is 5.75 Å². The molecular weight excluding hydrogens is 214 g/mol. The van der Waals surface area contributed by atoms with E-state index in [1.165, 1.54) is 0 Å². The quantitative estimate of drug-likeness (QED) is 0.830. The van der Waals surface area contributed by atoms with Gasteiger partial charge in [0.15, 0.2) is 0 Å². The van der Waals surface area contributed by atoms with Crippen LogP contribution >= 0.6 is 0 Å². The number of hydrogen-bond acceptors (Lipinski definition) is 3. The highest BCUT2D eigenvalue weighted by atomic mass is 16.5. The third-order valence-corrected chi connectivity index (χ3v) is 2.67.